The van der Waals surface area contributed by atoms with Crippen molar-refractivity contribution in [2.45, 2.75) is 16.0 Å². The molecule has 25 heavy (non-hydrogen) atoms. The van der Waals surface area contributed by atoms with E-state index in [2.05, 4.69) is 4.98 Å². The van der Waals surface area contributed by atoms with Crippen molar-refractivity contribution in [2.24, 2.45) is 0 Å². The molecular weight excluding hydrogens is 371 g/mol. The molecule has 0 aliphatic carbocycles. The van der Waals surface area contributed by atoms with E-state index in [9.17, 15) is 23.1 Å². The van der Waals surface area contributed by atoms with Gasteiger partial charge in [-0.2, -0.15) is 13.2 Å². The third-order valence-corrected chi connectivity index (χ3v) is 5.94. The van der Waals surface area contributed by atoms with Gasteiger partial charge in [-0.1, -0.05) is 36.0 Å². The van der Waals surface area contributed by atoms with E-state index < -0.39 is 17.7 Å². The molecule has 0 radical (unpaired) electrons. The molecule has 2 aromatic carbocycles. The van der Waals surface area contributed by atoms with Gasteiger partial charge in [0.2, 0.25) is 5.01 Å². The summed E-state index contributed by atoms with van der Waals surface area (Å²) in [5.74, 6) is -1.16. The lowest BCUT2D eigenvalue weighted by atomic mass is 10.0. The maximum atomic E-state index is 13.1. The number of fused-ring (bicyclic) bond motifs is 5. The van der Waals surface area contributed by atoms with Crippen LogP contribution in [0.5, 0.6) is 0 Å². The van der Waals surface area contributed by atoms with Crippen LogP contribution < -0.4 is 0 Å². The van der Waals surface area contributed by atoms with Crippen molar-refractivity contribution in [2.75, 3.05) is 0 Å². The maximum Gasteiger partial charge on any atom is 0.416 e. The fraction of sp³-hybridized carbons (Fsp3) is 0.0588. The van der Waals surface area contributed by atoms with Crippen molar-refractivity contribution in [3.05, 3.63) is 53.0 Å². The van der Waals surface area contributed by atoms with Gasteiger partial charge in [0.25, 0.3) is 0 Å². The Labute approximate surface area is 148 Å². The van der Waals surface area contributed by atoms with E-state index in [1.807, 2.05) is 6.07 Å². The summed E-state index contributed by atoms with van der Waals surface area (Å²) in [6.45, 7) is 0. The lowest BCUT2D eigenvalue weighted by Crippen LogP contribution is -2.05. The highest BCUT2D eigenvalue weighted by Crippen LogP contribution is 2.50. The minimum absolute atomic E-state index is 0.0856. The van der Waals surface area contributed by atoms with Gasteiger partial charge in [-0.15, -0.1) is 11.3 Å². The van der Waals surface area contributed by atoms with Gasteiger partial charge in [-0.05, 0) is 18.2 Å². The van der Waals surface area contributed by atoms with Gasteiger partial charge >= 0.3 is 12.1 Å². The average molecular weight is 379 g/mol. The summed E-state index contributed by atoms with van der Waals surface area (Å²) < 4.78 is 39.2. The zero-order valence-corrected chi connectivity index (χ0v) is 13.9. The lowest BCUT2D eigenvalue weighted by molar-refractivity contribution is -0.137. The highest BCUT2D eigenvalue weighted by Gasteiger charge is 2.33. The number of halogens is 3. The molecule has 0 amide bonds. The minimum atomic E-state index is -4.45. The Balaban J connectivity index is 2.02. The summed E-state index contributed by atoms with van der Waals surface area (Å²) in [7, 11) is 0. The van der Waals surface area contributed by atoms with Crippen molar-refractivity contribution in [3.63, 3.8) is 0 Å². The molecule has 4 rings (SSSR count). The van der Waals surface area contributed by atoms with Crippen molar-refractivity contribution >= 4 is 29.1 Å². The molecule has 0 unspecified atom stereocenters. The predicted molar refractivity (Wildman–Crippen MR) is 89.1 cm³/mol. The predicted octanol–water partition coefficient (Wildman–Crippen LogP) is 5.66. The third-order valence-electron chi connectivity index (χ3n) is 3.73. The number of thiazole rings is 1. The van der Waals surface area contributed by atoms with Crippen LogP contribution in [0.4, 0.5) is 13.2 Å². The number of rotatable bonds is 1. The van der Waals surface area contributed by atoms with Crippen LogP contribution in [0, 0.1) is 0 Å². The van der Waals surface area contributed by atoms with Gasteiger partial charge in [0.15, 0.2) is 0 Å². The summed E-state index contributed by atoms with van der Waals surface area (Å²) in [4.78, 5) is 17.3. The number of hydrogen-bond acceptors (Lipinski definition) is 4. The molecule has 0 fully saturated rings. The van der Waals surface area contributed by atoms with Crippen LogP contribution in [0.25, 0.3) is 21.7 Å². The van der Waals surface area contributed by atoms with Crippen LogP contribution in [0.1, 0.15) is 15.4 Å². The monoisotopic (exact) mass is 379 g/mol. The summed E-state index contributed by atoms with van der Waals surface area (Å²) in [5.41, 5.74) is 0.946. The largest absolute Gasteiger partial charge is 0.476 e. The van der Waals surface area contributed by atoms with Crippen molar-refractivity contribution in [1.82, 2.24) is 4.98 Å². The molecule has 0 saturated carbocycles. The first-order valence-corrected chi connectivity index (χ1v) is 8.71. The molecule has 1 aliphatic heterocycles. The van der Waals surface area contributed by atoms with Crippen LogP contribution in [0.3, 0.4) is 0 Å². The quantitative estimate of drug-likeness (QED) is 0.464. The van der Waals surface area contributed by atoms with Gasteiger partial charge in [-0.3, -0.25) is 0 Å². The fourth-order valence-corrected chi connectivity index (χ4v) is 4.76. The van der Waals surface area contributed by atoms with Crippen LogP contribution in [-0.4, -0.2) is 16.1 Å². The maximum absolute atomic E-state index is 13.1. The number of aromatic nitrogens is 1. The van der Waals surface area contributed by atoms with Gasteiger partial charge in [-0.25, -0.2) is 9.78 Å². The second-order valence-corrected chi connectivity index (χ2v) is 7.39. The Bertz CT molecular complexity index is 1010. The first-order valence-electron chi connectivity index (χ1n) is 7.07. The number of hydrogen-bond donors (Lipinski definition) is 1. The average Bonchev–Trinajstić information content (AvgIpc) is 2.95. The zero-order valence-electron chi connectivity index (χ0n) is 12.3. The molecule has 0 saturated heterocycles. The molecular formula is C17H8F3NO2S2. The molecule has 3 aromatic rings. The van der Waals surface area contributed by atoms with E-state index in [1.54, 1.807) is 18.2 Å². The number of carbonyl (C=O) groups is 1. The molecule has 1 aromatic heterocycles. The second-order valence-electron chi connectivity index (χ2n) is 5.31. The summed E-state index contributed by atoms with van der Waals surface area (Å²) in [6, 6.07) is 10.7. The first kappa shape index (κ1) is 16.2. The number of nitrogens with zero attached hydrogens (tertiary/aromatic N) is 1. The first-order chi connectivity index (χ1) is 11.8. The Morgan fingerprint density at radius 1 is 1.04 bits per heavy atom. The Morgan fingerprint density at radius 3 is 2.52 bits per heavy atom. The van der Waals surface area contributed by atoms with Crippen LogP contribution in [0.2, 0.25) is 0 Å². The topological polar surface area (TPSA) is 50.2 Å². The van der Waals surface area contributed by atoms with Crippen LogP contribution in [-0.2, 0) is 6.18 Å². The van der Waals surface area contributed by atoms with Gasteiger partial charge in [0, 0.05) is 20.9 Å². The number of aromatic carboxylic acids is 1. The highest BCUT2D eigenvalue weighted by molar-refractivity contribution is 7.99. The molecule has 1 N–H and O–H groups in total. The molecule has 2 heterocycles. The van der Waals surface area contributed by atoms with Crippen molar-refractivity contribution < 1.29 is 23.1 Å². The Morgan fingerprint density at radius 2 is 1.80 bits per heavy atom. The third kappa shape index (κ3) is 2.71. The SMILES string of the molecule is O=C(O)c1nc2c(s1)-c1ccccc1Sc1cc(C(F)(F)F)ccc1-2. The van der Waals surface area contributed by atoms with E-state index in [4.69, 9.17) is 0 Å². The Kier molecular flexibility index (Phi) is 3.62. The fourth-order valence-electron chi connectivity index (χ4n) is 2.62. The van der Waals surface area contributed by atoms with E-state index in [1.165, 1.54) is 17.8 Å². The molecule has 3 nitrogen and oxygen atoms in total. The van der Waals surface area contributed by atoms with E-state index in [0.29, 0.717) is 21.0 Å². The Hall–Kier alpha value is -2.32. The van der Waals surface area contributed by atoms with Crippen LogP contribution in [0.15, 0.2) is 52.3 Å². The van der Waals surface area contributed by atoms with Crippen LogP contribution >= 0.6 is 23.1 Å². The molecule has 0 spiro atoms. The smallest absolute Gasteiger partial charge is 0.416 e. The lowest BCUT2D eigenvalue weighted by Gasteiger charge is -2.11. The zero-order chi connectivity index (χ0) is 17.8. The second kappa shape index (κ2) is 5.60. The van der Waals surface area contributed by atoms with Gasteiger partial charge < -0.3 is 5.11 Å². The molecule has 0 bridgehead atoms. The minimum Gasteiger partial charge on any atom is -0.476 e. The number of carboxylic acid groups (broad SMARTS) is 1. The normalized spacial score (nSPS) is 12.8. The van der Waals surface area contributed by atoms with E-state index in [0.717, 1.165) is 33.9 Å². The standard InChI is InChI=1S/C17H8F3NO2S2/c18-17(19,20)8-5-6-9-12(7-8)24-11-4-2-1-3-10(11)14-13(9)21-15(25-14)16(22)23/h1-7H,(H,22,23). The van der Waals surface area contributed by atoms with E-state index >= 15 is 0 Å². The van der Waals surface area contributed by atoms with Gasteiger partial charge in [0.1, 0.15) is 0 Å². The van der Waals surface area contributed by atoms with Crippen molar-refractivity contribution in [1.29, 1.82) is 0 Å². The summed E-state index contributed by atoms with van der Waals surface area (Å²) in [6.07, 6.45) is -4.45. The summed E-state index contributed by atoms with van der Waals surface area (Å²) >= 11 is 2.25. The molecule has 8 heteroatoms. The molecule has 0 atom stereocenters. The summed E-state index contributed by atoms with van der Waals surface area (Å²) in [5, 5.41) is 9.16. The number of benzene rings is 2. The van der Waals surface area contributed by atoms with Gasteiger partial charge in [0.05, 0.1) is 16.1 Å². The van der Waals surface area contributed by atoms with Crippen molar-refractivity contribution in [3.8, 4) is 21.7 Å². The highest BCUT2D eigenvalue weighted by atomic mass is 32.2. The molecule has 1 aliphatic rings. The molecule has 126 valence electrons. The number of alkyl halides is 3. The number of carboxylic acids is 1. The van der Waals surface area contributed by atoms with E-state index in [-0.39, 0.29) is 5.01 Å².